The predicted molar refractivity (Wildman–Crippen MR) is 150 cm³/mol. The van der Waals surface area contributed by atoms with Crippen molar-refractivity contribution in [1.29, 1.82) is 0 Å². The first-order valence-corrected chi connectivity index (χ1v) is 14.1. The monoisotopic (exact) mass is 574 g/mol. The Morgan fingerprint density at radius 1 is 0.543 bits per heavy atom. The lowest BCUT2D eigenvalue weighted by Gasteiger charge is -2.16. The zero-order valence-corrected chi connectivity index (χ0v) is 24.9. The summed E-state index contributed by atoms with van der Waals surface area (Å²) in [6, 6.07) is 0. The molecule has 206 valence electrons. The van der Waals surface area contributed by atoms with Crippen molar-refractivity contribution < 1.29 is 38.1 Å². The Morgan fingerprint density at radius 2 is 0.857 bits per heavy atom. The molecular weight excluding hydrogens is 533 g/mol. The maximum atomic E-state index is 11.4. The highest BCUT2D eigenvalue weighted by molar-refractivity contribution is 7.80. The lowest BCUT2D eigenvalue weighted by atomic mass is 10.2. The molecule has 0 aliphatic heterocycles. The first-order valence-electron chi connectivity index (χ1n) is 11.6. The average molecular weight is 575 g/mol. The van der Waals surface area contributed by atoms with Crippen LogP contribution in [0, 0.1) is 23.7 Å². The molecule has 0 fully saturated rings. The molecule has 0 aliphatic carbocycles. The Balaban J connectivity index is 0. The maximum absolute atomic E-state index is 11.4. The predicted octanol–water partition coefficient (Wildman–Crippen LogP) is 3.58. The highest BCUT2D eigenvalue weighted by Crippen LogP contribution is 2.07. The quantitative estimate of drug-likeness (QED) is 0.0960. The summed E-state index contributed by atoms with van der Waals surface area (Å²) in [7, 11) is 0. The number of carbonyl (C=O) groups excluding carboxylic acids is 4. The molecular formula is C23H42O8S4. The van der Waals surface area contributed by atoms with Crippen molar-refractivity contribution >= 4 is 74.4 Å². The third kappa shape index (κ3) is 19.1. The molecule has 5 atom stereocenters. The summed E-state index contributed by atoms with van der Waals surface area (Å²) in [6.45, 7) is 9.48. The van der Waals surface area contributed by atoms with Gasteiger partial charge in [-0.1, -0.05) is 27.7 Å². The number of hydrogen-bond acceptors (Lipinski definition) is 12. The van der Waals surface area contributed by atoms with Crippen LogP contribution in [0.25, 0.3) is 0 Å². The lowest BCUT2D eigenvalue weighted by Crippen LogP contribution is -2.27. The largest absolute Gasteiger partial charge is 0.465 e. The Morgan fingerprint density at radius 3 is 1.20 bits per heavy atom. The summed E-state index contributed by atoms with van der Waals surface area (Å²) >= 11 is 16.0. The number of unbranched alkanes of at least 4 members (excludes halogenated alkanes) is 1. The van der Waals surface area contributed by atoms with Crippen LogP contribution < -0.4 is 0 Å². The van der Waals surface area contributed by atoms with Gasteiger partial charge < -0.3 is 18.9 Å². The average Bonchev–Trinajstić information content (AvgIpc) is 2.86. The van der Waals surface area contributed by atoms with Gasteiger partial charge in [-0.05, 0) is 19.8 Å². The summed E-state index contributed by atoms with van der Waals surface area (Å²) in [6.07, 6.45) is 0.933. The van der Waals surface area contributed by atoms with Crippen molar-refractivity contribution in [3.63, 3.8) is 0 Å². The molecule has 0 aromatic heterocycles. The van der Waals surface area contributed by atoms with Crippen molar-refractivity contribution in [3.05, 3.63) is 0 Å². The van der Waals surface area contributed by atoms with E-state index in [-0.39, 0.29) is 54.2 Å². The van der Waals surface area contributed by atoms with E-state index < -0.39 is 6.10 Å². The van der Waals surface area contributed by atoms with Crippen LogP contribution in [0.4, 0.5) is 0 Å². The van der Waals surface area contributed by atoms with Gasteiger partial charge in [-0.25, -0.2) is 0 Å². The number of carbonyl (C=O) groups is 4. The van der Waals surface area contributed by atoms with Gasteiger partial charge in [0, 0.05) is 23.0 Å². The van der Waals surface area contributed by atoms with Crippen molar-refractivity contribution in [2.24, 2.45) is 23.7 Å². The zero-order chi connectivity index (χ0) is 27.4. The summed E-state index contributed by atoms with van der Waals surface area (Å²) in [4.78, 5) is 45.3. The van der Waals surface area contributed by atoms with Gasteiger partial charge in [0.15, 0.2) is 0 Å². The van der Waals surface area contributed by atoms with Gasteiger partial charge in [0.05, 0.1) is 36.9 Å². The van der Waals surface area contributed by atoms with Gasteiger partial charge in [-0.3, -0.25) is 19.2 Å². The third-order valence-corrected chi connectivity index (χ3v) is 6.70. The van der Waals surface area contributed by atoms with Crippen LogP contribution in [0.3, 0.4) is 0 Å². The Kier molecular flexibility index (Phi) is 23.4. The Hall–Kier alpha value is -0.720. The van der Waals surface area contributed by atoms with Crippen molar-refractivity contribution in [2.45, 2.75) is 53.6 Å². The van der Waals surface area contributed by atoms with Crippen molar-refractivity contribution in [2.75, 3.05) is 42.8 Å². The Labute approximate surface area is 231 Å². The second kappa shape index (κ2) is 22.5. The fourth-order valence-electron chi connectivity index (χ4n) is 1.82. The molecule has 0 radical (unpaired) electrons. The molecule has 0 amide bonds. The first-order chi connectivity index (χ1) is 16.4. The van der Waals surface area contributed by atoms with Gasteiger partial charge in [0.25, 0.3) is 0 Å². The van der Waals surface area contributed by atoms with Crippen LogP contribution in [0.5, 0.6) is 0 Å². The van der Waals surface area contributed by atoms with Gasteiger partial charge >= 0.3 is 23.9 Å². The topological polar surface area (TPSA) is 105 Å². The summed E-state index contributed by atoms with van der Waals surface area (Å²) in [5.41, 5.74) is 0. The number of rotatable bonds is 16. The smallest absolute Gasteiger partial charge is 0.309 e. The minimum Gasteiger partial charge on any atom is -0.465 e. The molecule has 0 bridgehead atoms. The molecule has 0 aromatic rings. The van der Waals surface area contributed by atoms with E-state index in [1.165, 1.54) is 0 Å². The molecule has 0 aliphatic rings. The van der Waals surface area contributed by atoms with Gasteiger partial charge in [0.2, 0.25) is 0 Å². The van der Waals surface area contributed by atoms with Crippen LogP contribution in [0.2, 0.25) is 0 Å². The minimum absolute atomic E-state index is 0.0714. The summed E-state index contributed by atoms with van der Waals surface area (Å²) in [5.74, 6) is -0.149. The third-order valence-electron chi connectivity index (χ3n) is 4.51. The molecule has 0 rings (SSSR count). The van der Waals surface area contributed by atoms with Crippen molar-refractivity contribution in [3.8, 4) is 0 Å². The second-order valence-corrected chi connectivity index (χ2v) is 9.71. The fraction of sp³-hybridized carbons (Fsp3) is 0.826. The molecule has 12 heteroatoms. The van der Waals surface area contributed by atoms with Crippen LogP contribution >= 0.6 is 50.5 Å². The van der Waals surface area contributed by atoms with Crippen LogP contribution in [0.1, 0.15) is 47.5 Å². The normalized spacial score (nSPS) is 14.8. The Bertz CT molecular complexity index is 594. The number of esters is 4. The van der Waals surface area contributed by atoms with Crippen molar-refractivity contribution in [1.82, 2.24) is 0 Å². The van der Waals surface area contributed by atoms with Gasteiger partial charge in [-0.2, -0.15) is 50.5 Å². The second-order valence-electron chi connectivity index (χ2n) is 8.25. The molecule has 0 saturated heterocycles. The summed E-state index contributed by atoms with van der Waals surface area (Å²) < 4.78 is 20.1. The molecule has 35 heavy (non-hydrogen) atoms. The maximum Gasteiger partial charge on any atom is 0.309 e. The molecule has 0 aromatic carbocycles. The molecule has 0 heterocycles. The van der Waals surface area contributed by atoms with E-state index in [1.54, 1.807) is 34.6 Å². The molecule has 0 spiro atoms. The van der Waals surface area contributed by atoms with E-state index in [4.69, 9.17) is 18.9 Å². The molecule has 0 N–H and O–H groups in total. The first kappa shape index (κ1) is 36.4. The molecule has 0 saturated carbocycles. The fourth-order valence-corrected chi connectivity index (χ4v) is 2.42. The van der Waals surface area contributed by atoms with E-state index in [9.17, 15) is 19.2 Å². The number of ether oxygens (including phenoxy) is 4. The highest BCUT2D eigenvalue weighted by Gasteiger charge is 2.19. The zero-order valence-electron chi connectivity index (χ0n) is 21.3. The van der Waals surface area contributed by atoms with Gasteiger partial charge in [0.1, 0.15) is 12.7 Å². The molecule has 5 unspecified atom stereocenters. The lowest BCUT2D eigenvalue weighted by molar-refractivity contribution is -0.161. The van der Waals surface area contributed by atoms with E-state index in [2.05, 4.69) is 50.5 Å². The van der Waals surface area contributed by atoms with E-state index in [0.29, 0.717) is 49.1 Å². The van der Waals surface area contributed by atoms with E-state index in [0.717, 1.165) is 0 Å². The van der Waals surface area contributed by atoms with Gasteiger partial charge in [-0.15, -0.1) is 0 Å². The number of thiol groups is 4. The van der Waals surface area contributed by atoms with Crippen LogP contribution in [-0.2, 0) is 38.1 Å². The molecule has 8 nitrogen and oxygen atoms in total. The van der Waals surface area contributed by atoms with E-state index in [1.807, 2.05) is 0 Å². The highest BCUT2D eigenvalue weighted by atomic mass is 32.1. The standard InChI is InChI=1S/C12H22O4S2.C11H20O4S2/c1-9(7-17)11(13)15-5-3-4-6-16-12(14)10(2)8-18;1-7(5-16)10(12)14-4-9(3)15-11(13)8(2)6-17/h9-10,17-18H,3-8H2,1-2H3;7-9,16-17H,4-6H2,1-3H3. The van der Waals surface area contributed by atoms with Crippen LogP contribution in [0.15, 0.2) is 0 Å². The number of hydrogen-bond donors (Lipinski definition) is 4. The SMILES string of the molecule is CC(COC(=O)C(C)CS)OC(=O)C(C)CS.CC(CS)C(=O)OCCCCOC(=O)C(C)CS. The van der Waals surface area contributed by atoms with E-state index >= 15 is 0 Å². The minimum atomic E-state index is -0.444. The van der Waals surface area contributed by atoms with Crippen LogP contribution in [-0.4, -0.2) is 72.8 Å². The summed E-state index contributed by atoms with van der Waals surface area (Å²) in [5, 5.41) is 0.